The molecule has 2 amide bonds. The van der Waals surface area contributed by atoms with Crippen LogP contribution in [-0.4, -0.2) is 70.7 Å². The van der Waals surface area contributed by atoms with Crippen molar-refractivity contribution in [2.45, 2.75) is 32.9 Å². The van der Waals surface area contributed by atoms with Crippen LogP contribution < -0.4 is 4.74 Å². The van der Waals surface area contributed by atoms with Gasteiger partial charge in [-0.1, -0.05) is 18.2 Å². The van der Waals surface area contributed by atoms with E-state index < -0.39 is 0 Å². The summed E-state index contributed by atoms with van der Waals surface area (Å²) in [5.74, 6) is -0.280. The molecule has 1 aromatic carbocycles. The molecular weight excluding hydrogens is 412 g/mol. The maximum atomic E-state index is 13.1. The van der Waals surface area contributed by atoms with Gasteiger partial charge in [0.05, 0.1) is 26.2 Å². The highest BCUT2D eigenvalue weighted by Gasteiger charge is 2.33. The summed E-state index contributed by atoms with van der Waals surface area (Å²) in [4.78, 5) is 41.6. The Hall–Kier alpha value is -3.36. The maximum absolute atomic E-state index is 13.1. The SMILES string of the molecule is CCOC(=O)C1CCCN(C(=O)c2cc3n(n2)CCN(Cc2ccccc2OC)C3=O)C1. The summed E-state index contributed by atoms with van der Waals surface area (Å²) in [6.07, 6.45) is 1.44. The number of carbonyl (C=O) groups excluding carboxylic acids is 3. The number of amides is 2. The zero-order valence-corrected chi connectivity index (χ0v) is 18.5. The average molecular weight is 441 g/mol. The first-order chi connectivity index (χ1) is 15.5. The number of nitrogens with zero attached hydrogens (tertiary/aromatic N) is 4. The van der Waals surface area contributed by atoms with E-state index in [0.717, 1.165) is 17.7 Å². The van der Waals surface area contributed by atoms with Gasteiger partial charge < -0.3 is 19.3 Å². The third kappa shape index (κ3) is 4.32. The Labute approximate surface area is 186 Å². The number of hydrogen-bond donors (Lipinski definition) is 0. The highest BCUT2D eigenvalue weighted by Crippen LogP contribution is 2.24. The zero-order chi connectivity index (χ0) is 22.7. The van der Waals surface area contributed by atoms with Crippen LogP contribution in [0.1, 0.15) is 46.3 Å². The van der Waals surface area contributed by atoms with Crippen LogP contribution in [0.3, 0.4) is 0 Å². The lowest BCUT2D eigenvalue weighted by atomic mass is 9.98. The number of hydrogen-bond acceptors (Lipinski definition) is 6. The van der Waals surface area contributed by atoms with Crippen LogP contribution in [0.5, 0.6) is 5.75 Å². The number of methoxy groups -OCH3 is 1. The standard InChI is InChI=1S/C23H28N4O5/c1-3-32-23(30)17-8-6-10-25(15-17)21(28)18-13-19-22(29)26(11-12-27(19)24-18)14-16-7-4-5-9-20(16)31-2/h4-5,7,9,13,17H,3,6,8,10-12,14-15H2,1-2H3. The molecule has 1 atom stereocenters. The molecule has 2 aliphatic rings. The summed E-state index contributed by atoms with van der Waals surface area (Å²) in [5, 5.41) is 4.39. The molecule has 1 aromatic heterocycles. The number of fused-ring (bicyclic) bond motifs is 1. The Bertz CT molecular complexity index is 1020. The molecule has 2 aromatic rings. The monoisotopic (exact) mass is 440 g/mol. The van der Waals surface area contributed by atoms with Gasteiger partial charge in [0.2, 0.25) is 0 Å². The molecule has 0 spiro atoms. The summed E-state index contributed by atoms with van der Waals surface area (Å²) < 4.78 is 12.1. The van der Waals surface area contributed by atoms with Crippen LogP contribution in [-0.2, 0) is 22.6 Å². The molecule has 4 rings (SSSR count). The number of para-hydroxylation sites is 1. The van der Waals surface area contributed by atoms with Crippen molar-refractivity contribution in [1.82, 2.24) is 19.6 Å². The molecule has 1 unspecified atom stereocenters. The van der Waals surface area contributed by atoms with E-state index in [0.29, 0.717) is 51.4 Å². The second-order valence-electron chi connectivity index (χ2n) is 8.02. The third-order valence-corrected chi connectivity index (χ3v) is 5.97. The van der Waals surface area contributed by atoms with Gasteiger partial charge in [0.15, 0.2) is 5.69 Å². The lowest BCUT2D eigenvalue weighted by Gasteiger charge is -2.31. The highest BCUT2D eigenvalue weighted by atomic mass is 16.5. The zero-order valence-electron chi connectivity index (χ0n) is 18.5. The van der Waals surface area contributed by atoms with Gasteiger partial charge in [-0.05, 0) is 25.8 Å². The van der Waals surface area contributed by atoms with Gasteiger partial charge in [-0.25, -0.2) is 0 Å². The van der Waals surface area contributed by atoms with Crippen LogP contribution in [0.15, 0.2) is 30.3 Å². The van der Waals surface area contributed by atoms with Gasteiger partial charge in [0.25, 0.3) is 11.8 Å². The molecule has 1 fully saturated rings. The lowest BCUT2D eigenvalue weighted by molar-refractivity contribution is -0.149. The minimum Gasteiger partial charge on any atom is -0.496 e. The van der Waals surface area contributed by atoms with Crippen molar-refractivity contribution in [3.8, 4) is 5.75 Å². The van der Waals surface area contributed by atoms with Crippen molar-refractivity contribution in [2.75, 3.05) is 33.4 Å². The van der Waals surface area contributed by atoms with Gasteiger partial charge in [-0.3, -0.25) is 19.1 Å². The van der Waals surface area contributed by atoms with Gasteiger partial charge in [0.1, 0.15) is 11.4 Å². The van der Waals surface area contributed by atoms with Gasteiger partial charge in [0, 0.05) is 37.8 Å². The van der Waals surface area contributed by atoms with Crippen LogP contribution >= 0.6 is 0 Å². The smallest absolute Gasteiger partial charge is 0.310 e. The Morgan fingerprint density at radius 1 is 1.19 bits per heavy atom. The molecule has 9 heteroatoms. The molecule has 3 heterocycles. The molecule has 0 aliphatic carbocycles. The van der Waals surface area contributed by atoms with Crippen molar-refractivity contribution in [2.24, 2.45) is 5.92 Å². The molecule has 0 bridgehead atoms. The molecule has 2 aliphatic heterocycles. The summed E-state index contributed by atoms with van der Waals surface area (Å²) in [6.45, 7) is 4.39. The number of rotatable bonds is 6. The molecule has 170 valence electrons. The van der Waals surface area contributed by atoms with Gasteiger partial charge >= 0.3 is 5.97 Å². The lowest BCUT2D eigenvalue weighted by Crippen LogP contribution is -2.43. The fraction of sp³-hybridized carbons (Fsp3) is 0.478. The number of ether oxygens (including phenoxy) is 2. The number of likely N-dealkylation sites (tertiary alicyclic amines) is 1. The largest absolute Gasteiger partial charge is 0.496 e. The van der Waals surface area contributed by atoms with Crippen molar-refractivity contribution in [3.05, 3.63) is 47.3 Å². The summed E-state index contributed by atoms with van der Waals surface area (Å²) in [6, 6.07) is 9.17. The van der Waals surface area contributed by atoms with E-state index in [1.54, 1.807) is 34.6 Å². The van der Waals surface area contributed by atoms with Gasteiger partial charge in [-0.15, -0.1) is 0 Å². The summed E-state index contributed by atoms with van der Waals surface area (Å²) in [5.41, 5.74) is 1.55. The van der Waals surface area contributed by atoms with Crippen molar-refractivity contribution in [1.29, 1.82) is 0 Å². The first kappa shape index (κ1) is 21.9. The molecule has 1 saturated heterocycles. The van der Waals surface area contributed by atoms with Crippen LogP contribution in [0, 0.1) is 5.92 Å². The van der Waals surface area contributed by atoms with E-state index in [2.05, 4.69) is 5.10 Å². The van der Waals surface area contributed by atoms with E-state index >= 15 is 0 Å². The Morgan fingerprint density at radius 2 is 2.00 bits per heavy atom. The second kappa shape index (κ2) is 9.42. The van der Waals surface area contributed by atoms with Crippen LogP contribution in [0.25, 0.3) is 0 Å². The van der Waals surface area contributed by atoms with Gasteiger partial charge in [-0.2, -0.15) is 5.10 Å². The normalized spacial score (nSPS) is 18.3. The minimum absolute atomic E-state index is 0.170. The predicted molar refractivity (Wildman–Crippen MR) is 115 cm³/mol. The quantitative estimate of drug-likeness (QED) is 0.638. The molecule has 0 radical (unpaired) electrons. The first-order valence-electron chi connectivity index (χ1n) is 11.0. The number of esters is 1. The number of benzene rings is 1. The Kier molecular flexibility index (Phi) is 6.43. The highest BCUT2D eigenvalue weighted by molar-refractivity contribution is 5.98. The van der Waals surface area contributed by atoms with E-state index in [9.17, 15) is 14.4 Å². The fourth-order valence-corrected chi connectivity index (χ4v) is 4.31. The number of piperidine rings is 1. The summed E-state index contributed by atoms with van der Waals surface area (Å²) in [7, 11) is 1.61. The number of carbonyl (C=O) groups is 3. The molecular formula is C23H28N4O5. The second-order valence-corrected chi connectivity index (χ2v) is 8.02. The average Bonchev–Trinajstić information content (AvgIpc) is 3.26. The van der Waals surface area contributed by atoms with Crippen LogP contribution in [0.2, 0.25) is 0 Å². The number of aromatic nitrogens is 2. The van der Waals surface area contributed by atoms with Crippen molar-refractivity contribution >= 4 is 17.8 Å². The van der Waals surface area contributed by atoms with E-state index in [1.807, 2.05) is 24.3 Å². The molecule has 32 heavy (non-hydrogen) atoms. The summed E-state index contributed by atoms with van der Waals surface area (Å²) >= 11 is 0. The minimum atomic E-state index is -0.317. The van der Waals surface area contributed by atoms with Crippen LogP contribution in [0.4, 0.5) is 0 Å². The fourth-order valence-electron chi connectivity index (χ4n) is 4.31. The maximum Gasteiger partial charge on any atom is 0.310 e. The topological polar surface area (TPSA) is 94.0 Å². The first-order valence-corrected chi connectivity index (χ1v) is 11.0. The van der Waals surface area contributed by atoms with Crippen molar-refractivity contribution < 1.29 is 23.9 Å². The molecule has 9 nitrogen and oxygen atoms in total. The Balaban J connectivity index is 1.47. The molecule has 0 N–H and O–H groups in total. The van der Waals surface area contributed by atoms with Crippen molar-refractivity contribution in [3.63, 3.8) is 0 Å². The van der Waals surface area contributed by atoms with E-state index in [1.165, 1.54) is 0 Å². The molecule has 0 saturated carbocycles. The third-order valence-electron chi connectivity index (χ3n) is 5.97. The van der Waals surface area contributed by atoms with E-state index in [-0.39, 0.29) is 29.4 Å². The Morgan fingerprint density at radius 3 is 2.78 bits per heavy atom. The predicted octanol–water partition coefficient (Wildman–Crippen LogP) is 1.96. The van der Waals surface area contributed by atoms with E-state index in [4.69, 9.17) is 9.47 Å².